The number of ether oxygens (including phenoxy) is 2. The van der Waals surface area contributed by atoms with E-state index in [9.17, 15) is 4.79 Å². The molecule has 1 aliphatic heterocycles. The molecule has 4 atom stereocenters. The average Bonchev–Trinajstić information content (AvgIpc) is 3.37. The van der Waals surface area contributed by atoms with Crippen molar-refractivity contribution in [2.75, 3.05) is 25.0 Å². The number of nitrogens with one attached hydrogen (secondary N) is 3. The Morgan fingerprint density at radius 1 is 1.02 bits per heavy atom. The molecule has 3 aromatic carbocycles. The SMILES string of the molecule is CC1CC1c1cc2c(Oc3ccc(NC(=S)NC(=O)Cc4ccccc4)cc3F)ncnc2cc1OCC1CC2CNCC2C1. The van der Waals surface area contributed by atoms with Crippen molar-refractivity contribution in [2.45, 2.75) is 38.5 Å². The number of fused-ring (bicyclic) bond motifs is 2. The molecule has 45 heavy (non-hydrogen) atoms. The third-order valence-electron chi connectivity index (χ3n) is 9.32. The van der Waals surface area contributed by atoms with Gasteiger partial charge in [-0.1, -0.05) is 37.3 Å². The lowest BCUT2D eigenvalue weighted by Crippen LogP contribution is -2.35. The second-order valence-corrected chi connectivity index (χ2v) is 13.1. The predicted octanol–water partition coefficient (Wildman–Crippen LogP) is 6.36. The van der Waals surface area contributed by atoms with Crippen LogP contribution in [-0.2, 0) is 11.2 Å². The lowest BCUT2D eigenvalue weighted by molar-refractivity contribution is -0.119. The summed E-state index contributed by atoms with van der Waals surface area (Å²) in [4.78, 5) is 21.2. The normalized spacial score (nSPS) is 23.4. The molecular formula is C35H36FN5O3S. The molecular weight excluding hydrogens is 589 g/mol. The summed E-state index contributed by atoms with van der Waals surface area (Å²) in [5.41, 5.74) is 3.08. The molecule has 7 rings (SSSR count). The predicted molar refractivity (Wildman–Crippen MR) is 175 cm³/mol. The first-order chi connectivity index (χ1) is 21.9. The van der Waals surface area contributed by atoms with Crippen LogP contribution in [0, 0.1) is 29.5 Å². The molecule has 10 heteroatoms. The zero-order valence-corrected chi connectivity index (χ0v) is 25.9. The summed E-state index contributed by atoms with van der Waals surface area (Å²) < 4.78 is 27.7. The topological polar surface area (TPSA) is 97.4 Å². The molecule has 0 spiro atoms. The second kappa shape index (κ2) is 12.7. The van der Waals surface area contributed by atoms with Gasteiger partial charge in [0.15, 0.2) is 16.7 Å². The van der Waals surface area contributed by atoms with Crippen molar-refractivity contribution in [3.63, 3.8) is 0 Å². The summed E-state index contributed by atoms with van der Waals surface area (Å²) >= 11 is 5.26. The van der Waals surface area contributed by atoms with Crippen molar-refractivity contribution in [2.24, 2.45) is 23.7 Å². The number of anilines is 1. The van der Waals surface area contributed by atoms with E-state index in [1.807, 2.05) is 36.4 Å². The Morgan fingerprint density at radius 2 is 1.80 bits per heavy atom. The highest BCUT2D eigenvalue weighted by Gasteiger charge is 2.39. The minimum Gasteiger partial charge on any atom is -0.493 e. The fourth-order valence-corrected chi connectivity index (χ4v) is 7.08. The summed E-state index contributed by atoms with van der Waals surface area (Å²) in [5, 5.41) is 9.80. The van der Waals surface area contributed by atoms with E-state index in [4.69, 9.17) is 21.7 Å². The number of carbonyl (C=O) groups is 1. The van der Waals surface area contributed by atoms with Crippen LogP contribution in [0.3, 0.4) is 0 Å². The van der Waals surface area contributed by atoms with Gasteiger partial charge in [-0.25, -0.2) is 14.4 Å². The number of thiocarbonyl (C=S) groups is 1. The van der Waals surface area contributed by atoms with E-state index in [0.29, 0.717) is 41.0 Å². The molecule has 1 aromatic heterocycles. The monoisotopic (exact) mass is 625 g/mol. The molecule has 1 amide bonds. The van der Waals surface area contributed by atoms with E-state index in [1.54, 1.807) is 6.07 Å². The molecule has 0 radical (unpaired) electrons. The first-order valence-corrected chi connectivity index (χ1v) is 16.0. The van der Waals surface area contributed by atoms with Crippen LogP contribution < -0.4 is 25.4 Å². The number of rotatable bonds is 9. The maximum Gasteiger partial charge on any atom is 0.230 e. The Morgan fingerprint density at radius 3 is 2.53 bits per heavy atom. The van der Waals surface area contributed by atoms with Crippen molar-refractivity contribution >= 4 is 39.8 Å². The van der Waals surface area contributed by atoms with Gasteiger partial charge < -0.3 is 25.4 Å². The third-order valence-corrected chi connectivity index (χ3v) is 9.53. The summed E-state index contributed by atoms with van der Waals surface area (Å²) in [5.74, 6) is 3.42. The lowest BCUT2D eigenvalue weighted by atomic mass is 10.0. The quantitative estimate of drug-likeness (QED) is 0.185. The smallest absolute Gasteiger partial charge is 0.230 e. The molecule has 3 aliphatic rings. The summed E-state index contributed by atoms with van der Waals surface area (Å²) in [6.07, 6.45) is 5.15. The highest BCUT2D eigenvalue weighted by atomic mass is 32.1. The zero-order valence-electron chi connectivity index (χ0n) is 25.1. The lowest BCUT2D eigenvalue weighted by Gasteiger charge is -2.17. The number of carbonyl (C=O) groups excluding carboxylic acids is 1. The van der Waals surface area contributed by atoms with Crippen molar-refractivity contribution in [3.05, 3.63) is 83.9 Å². The molecule has 2 aliphatic carbocycles. The first-order valence-electron chi connectivity index (χ1n) is 15.6. The van der Waals surface area contributed by atoms with Gasteiger partial charge in [0.25, 0.3) is 0 Å². The van der Waals surface area contributed by atoms with Gasteiger partial charge in [0.1, 0.15) is 12.1 Å². The second-order valence-electron chi connectivity index (χ2n) is 12.6. The van der Waals surface area contributed by atoms with Crippen LogP contribution in [-0.4, -0.2) is 40.7 Å². The Kier molecular flexibility index (Phi) is 8.33. The van der Waals surface area contributed by atoms with Crippen LogP contribution in [0.25, 0.3) is 10.9 Å². The van der Waals surface area contributed by atoms with Crippen molar-refractivity contribution in [3.8, 4) is 17.4 Å². The maximum absolute atomic E-state index is 15.2. The Hall–Kier alpha value is -4.15. The van der Waals surface area contributed by atoms with Crippen LogP contribution >= 0.6 is 12.2 Å². The van der Waals surface area contributed by atoms with Gasteiger partial charge in [0.2, 0.25) is 11.8 Å². The van der Waals surface area contributed by atoms with Crippen LogP contribution in [0.1, 0.15) is 43.2 Å². The first kappa shape index (κ1) is 29.6. The number of halogens is 1. The van der Waals surface area contributed by atoms with Gasteiger partial charge in [-0.15, -0.1) is 0 Å². The molecule has 232 valence electrons. The highest BCUT2D eigenvalue weighted by molar-refractivity contribution is 7.80. The number of hydrogen-bond acceptors (Lipinski definition) is 7. The van der Waals surface area contributed by atoms with Gasteiger partial charge >= 0.3 is 0 Å². The van der Waals surface area contributed by atoms with E-state index in [0.717, 1.165) is 48.2 Å². The van der Waals surface area contributed by atoms with Crippen LogP contribution in [0.5, 0.6) is 17.4 Å². The van der Waals surface area contributed by atoms with Crippen LogP contribution in [0.4, 0.5) is 10.1 Å². The molecule has 2 saturated carbocycles. The third kappa shape index (κ3) is 6.77. The molecule has 4 aromatic rings. The van der Waals surface area contributed by atoms with E-state index >= 15 is 4.39 Å². The van der Waals surface area contributed by atoms with Crippen LogP contribution in [0.2, 0.25) is 0 Å². The van der Waals surface area contributed by atoms with E-state index in [2.05, 4.69) is 38.9 Å². The van der Waals surface area contributed by atoms with Gasteiger partial charge in [-0.05, 0) is 103 Å². The number of aromatic nitrogens is 2. The highest BCUT2D eigenvalue weighted by Crippen LogP contribution is 2.51. The summed E-state index contributed by atoms with van der Waals surface area (Å²) in [6, 6.07) is 17.8. The van der Waals surface area contributed by atoms with Gasteiger partial charge in [0.05, 0.1) is 23.9 Å². The van der Waals surface area contributed by atoms with E-state index in [-0.39, 0.29) is 29.1 Å². The number of hydrogen-bond donors (Lipinski definition) is 3. The molecule has 3 fully saturated rings. The molecule has 2 heterocycles. The Bertz CT molecular complexity index is 1730. The van der Waals surface area contributed by atoms with Gasteiger partial charge in [0, 0.05) is 17.8 Å². The standard InChI is InChI=1S/C35H36FN5O3S/c1-20-9-26(20)27-14-28-30(15-32(27)43-18-22-10-23-16-37-17-24(23)11-22)38-19-39-34(28)44-31-8-7-25(13-29(31)36)40-35(45)41-33(42)12-21-5-3-2-4-6-21/h2-8,13-15,19-20,22-24,26,37H,9-12,16-18H2,1H3,(H2,40,41,42,45). The van der Waals surface area contributed by atoms with Crippen molar-refractivity contribution in [1.29, 1.82) is 0 Å². The fourth-order valence-electron chi connectivity index (χ4n) is 6.84. The van der Waals surface area contributed by atoms with E-state index < -0.39 is 5.82 Å². The molecule has 8 nitrogen and oxygen atoms in total. The minimum absolute atomic E-state index is 0.0162. The maximum atomic E-state index is 15.2. The Balaban J connectivity index is 1.04. The number of amides is 1. The number of benzene rings is 3. The Labute approximate surface area is 267 Å². The molecule has 0 bridgehead atoms. The molecule has 4 unspecified atom stereocenters. The van der Waals surface area contributed by atoms with Gasteiger partial charge in [-0.2, -0.15) is 0 Å². The van der Waals surface area contributed by atoms with Gasteiger partial charge in [-0.3, -0.25) is 4.79 Å². The van der Waals surface area contributed by atoms with Crippen molar-refractivity contribution < 1.29 is 18.7 Å². The number of nitrogens with zero attached hydrogens (tertiary/aromatic N) is 2. The zero-order chi connectivity index (χ0) is 30.9. The molecule has 1 saturated heterocycles. The van der Waals surface area contributed by atoms with E-state index in [1.165, 1.54) is 31.3 Å². The van der Waals surface area contributed by atoms with Crippen LogP contribution in [0.15, 0.2) is 67.0 Å². The van der Waals surface area contributed by atoms with Crippen molar-refractivity contribution in [1.82, 2.24) is 20.6 Å². The fraction of sp³-hybridized carbons (Fsp3) is 0.371. The summed E-state index contributed by atoms with van der Waals surface area (Å²) in [6.45, 7) is 5.21. The summed E-state index contributed by atoms with van der Waals surface area (Å²) in [7, 11) is 0. The molecule has 3 N–H and O–H groups in total. The largest absolute Gasteiger partial charge is 0.493 e. The average molecular weight is 626 g/mol. The minimum atomic E-state index is -0.599.